The van der Waals surface area contributed by atoms with Crippen molar-refractivity contribution in [3.63, 3.8) is 0 Å². The Kier molecular flexibility index (Phi) is 10.2. The summed E-state index contributed by atoms with van der Waals surface area (Å²) in [5.74, 6) is 0. The first-order valence-electron chi connectivity index (χ1n) is 7.31. The number of hydrogen-bond acceptors (Lipinski definition) is 2. The summed E-state index contributed by atoms with van der Waals surface area (Å²) in [5.41, 5.74) is 1.50. The Morgan fingerprint density at radius 1 is 0.944 bits per heavy atom. The molecular formula is C16H27OS. The van der Waals surface area contributed by atoms with E-state index in [1.165, 1.54) is 56.9 Å². The van der Waals surface area contributed by atoms with Crippen LogP contribution in [0.1, 0.15) is 56.9 Å². The van der Waals surface area contributed by atoms with Crippen LogP contribution in [0.3, 0.4) is 0 Å². The van der Waals surface area contributed by atoms with E-state index in [4.69, 9.17) is 4.74 Å². The van der Waals surface area contributed by atoms with Crippen molar-refractivity contribution in [2.24, 2.45) is 0 Å². The number of rotatable bonds is 12. The number of ether oxygens (including phenoxy) is 1. The molecule has 1 heterocycles. The van der Waals surface area contributed by atoms with Crippen LogP contribution in [0, 0.1) is 6.92 Å². The second-order valence-corrected chi connectivity index (χ2v) is 5.60. The van der Waals surface area contributed by atoms with Crippen molar-refractivity contribution in [2.45, 2.75) is 57.8 Å². The molecule has 0 fully saturated rings. The van der Waals surface area contributed by atoms with Crippen LogP contribution < -0.4 is 0 Å². The van der Waals surface area contributed by atoms with Crippen molar-refractivity contribution in [3.8, 4) is 0 Å². The maximum absolute atomic E-state index is 5.61. The van der Waals surface area contributed by atoms with E-state index in [1.54, 1.807) is 11.3 Å². The van der Waals surface area contributed by atoms with Crippen LogP contribution in [0.4, 0.5) is 0 Å². The largest absolute Gasteiger partial charge is 0.381 e. The minimum Gasteiger partial charge on any atom is -0.381 e. The zero-order valence-electron chi connectivity index (χ0n) is 11.5. The number of hydrogen-bond donors (Lipinski definition) is 0. The molecular weight excluding hydrogens is 240 g/mol. The van der Waals surface area contributed by atoms with Crippen molar-refractivity contribution in [3.05, 3.63) is 29.3 Å². The average Bonchev–Trinajstić information content (AvgIpc) is 2.89. The smallest absolute Gasteiger partial charge is 0.0466 e. The third kappa shape index (κ3) is 8.71. The Morgan fingerprint density at radius 3 is 2.33 bits per heavy atom. The Labute approximate surface area is 117 Å². The predicted molar refractivity (Wildman–Crippen MR) is 81.1 cm³/mol. The van der Waals surface area contributed by atoms with Crippen molar-refractivity contribution < 1.29 is 4.74 Å². The van der Waals surface area contributed by atoms with Gasteiger partial charge in [0, 0.05) is 13.2 Å². The van der Waals surface area contributed by atoms with Gasteiger partial charge in [0.05, 0.1) is 0 Å². The van der Waals surface area contributed by atoms with Gasteiger partial charge in [0.2, 0.25) is 0 Å². The van der Waals surface area contributed by atoms with Gasteiger partial charge in [-0.05, 0) is 48.1 Å². The minimum absolute atomic E-state index is 0.939. The predicted octanol–water partition coefficient (Wildman–Crippen LogP) is 5.26. The Hall–Kier alpha value is -0.340. The molecule has 0 aromatic carbocycles. The number of thiophene rings is 1. The van der Waals surface area contributed by atoms with Gasteiger partial charge in [-0.15, -0.1) is 0 Å². The summed E-state index contributed by atoms with van der Waals surface area (Å²) >= 11 is 1.80. The molecule has 0 spiro atoms. The Morgan fingerprint density at radius 2 is 1.67 bits per heavy atom. The van der Waals surface area contributed by atoms with E-state index in [2.05, 4.69) is 23.8 Å². The second-order valence-electron chi connectivity index (χ2n) is 4.82. The lowest BCUT2D eigenvalue weighted by molar-refractivity contribution is 0.126. The van der Waals surface area contributed by atoms with Crippen LogP contribution in [-0.4, -0.2) is 13.2 Å². The highest BCUT2D eigenvalue weighted by molar-refractivity contribution is 7.07. The molecule has 0 aliphatic heterocycles. The van der Waals surface area contributed by atoms with Crippen LogP contribution in [0.25, 0.3) is 0 Å². The van der Waals surface area contributed by atoms with Crippen LogP contribution in [0.5, 0.6) is 0 Å². The third-order valence-electron chi connectivity index (χ3n) is 3.12. The second kappa shape index (κ2) is 11.7. The van der Waals surface area contributed by atoms with Gasteiger partial charge in [-0.1, -0.05) is 39.0 Å². The molecule has 103 valence electrons. The van der Waals surface area contributed by atoms with Gasteiger partial charge < -0.3 is 4.74 Å². The summed E-state index contributed by atoms with van der Waals surface area (Å²) < 4.78 is 5.61. The zero-order chi connectivity index (χ0) is 12.9. The highest BCUT2D eigenvalue weighted by atomic mass is 32.1. The van der Waals surface area contributed by atoms with Crippen LogP contribution in [0.2, 0.25) is 0 Å². The van der Waals surface area contributed by atoms with E-state index in [0.29, 0.717) is 0 Å². The maximum Gasteiger partial charge on any atom is 0.0466 e. The van der Waals surface area contributed by atoms with Gasteiger partial charge >= 0.3 is 0 Å². The highest BCUT2D eigenvalue weighted by Crippen LogP contribution is 2.11. The molecule has 2 heteroatoms. The zero-order valence-corrected chi connectivity index (χ0v) is 12.4. The summed E-state index contributed by atoms with van der Waals surface area (Å²) in [6.07, 6.45) is 11.2. The van der Waals surface area contributed by atoms with Gasteiger partial charge in [0.1, 0.15) is 0 Å². The van der Waals surface area contributed by atoms with Crippen molar-refractivity contribution in [1.29, 1.82) is 0 Å². The SMILES string of the molecule is [CH2]CCCCCOCCCCCCc1ccsc1. The fraction of sp³-hybridized carbons (Fsp3) is 0.688. The molecule has 0 amide bonds. The van der Waals surface area contributed by atoms with Gasteiger partial charge in [-0.2, -0.15) is 11.3 Å². The lowest BCUT2D eigenvalue weighted by Crippen LogP contribution is -1.97. The normalized spacial score (nSPS) is 10.9. The maximum atomic E-state index is 5.61. The average molecular weight is 267 g/mol. The summed E-state index contributed by atoms with van der Waals surface area (Å²) in [6.45, 7) is 5.73. The van der Waals surface area contributed by atoms with E-state index in [0.717, 1.165) is 19.6 Å². The summed E-state index contributed by atoms with van der Waals surface area (Å²) in [6, 6.07) is 2.24. The molecule has 1 rings (SSSR count). The fourth-order valence-corrected chi connectivity index (χ4v) is 2.68. The van der Waals surface area contributed by atoms with E-state index in [9.17, 15) is 0 Å². The van der Waals surface area contributed by atoms with Crippen molar-refractivity contribution in [1.82, 2.24) is 0 Å². The van der Waals surface area contributed by atoms with Gasteiger partial charge in [-0.25, -0.2) is 0 Å². The quantitative estimate of drug-likeness (QED) is 0.469. The third-order valence-corrected chi connectivity index (χ3v) is 3.85. The van der Waals surface area contributed by atoms with Crippen LogP contribution >= 0.6 is 11.3 Å². The van der Waals surface area contributed by atoms with E-state index in [1.807, 2.05) is 0 Å². The molecule has 0 unspecified atom stereocenters. The molecule has 1 aromatic heterocycles. The van der Waals surface area contributed by atoms with Gasteiger partial charge in [0.25, 0.3) is 0 Å². The van der Waals surface area contributed by atoms with Crippen LogP contribution in [-0.2, 0) is 11.2 Å². The Balaban J connectivity index is 1.73. The van der Waals surface area contributed by atoms with Crippen LogP contribution in [0.15, 0.2) is 16.8 Å². The molecule has 1 nitrogen and oxygen atoms in total. The molecule has 18 heavy (non-hydrogen) atoms. The molecule has 1 aromatic rings. The first kappa shape index (κ1) is 15.7. The lowest BCUT2D eigenvalue weighted by atomic mass is 10.1. The minimum atomic E-state index is 0.939. The molecule has 0 saturated carbocycles. The standard InChI is InChI=1S/C16H27OS/c1-2-3-4-8-12-17-13-9-6-5-7-10-16-11-14-18-15-16/h11,14-15H,1-10,12-13H2. The molecule has 1 radical (unpaired) electrons. The van der Waals surface area contributed by atoms with E-state index >= 15 is 0 Å². The molecule has 0 aliphatic rings. The molecule has 0 bridgehead atoms. The summed E-state index contributed by atoms with van der Waals surface area (Å²) in [7, 11) is 0. The Bertz CT molecular complexity index is 256. The lowest BCUT2D eigenvalue weighted by Gasteiger charge is -2.04. The molecule has 0 saturated heterocycles. The summed E-state index contributed by atoms with van der Waals surface area (Å²) in [4.78, 5) is 0. The topological polar surface area (TPSA) is 9.23 Å². The van der Waals surface area contributed by atoms with Gasteiger partial charge in [-0.3, -0.25) is 0 Å². The number of unbranched alkanes of at least 4 members (excludes halogenated alkanes) is 6. The monoisotopic (exact) mass is 267 g/mol. The first-order valence-corrected chi connectivity index (χ1v) is 8.26. The summed E-state index contributed by atoms with van der Waals surface area (Å²) in [5, 5.41) is 4.42. The molecule has 0 N–H and O–H groups in total. The number of aryl methyl sites for hydroxylation is 1. The van der Waals surface area contributed by atoms with E-state index < -0.39 is 0 Å². The van der Waals surface area contributed by atoms with Gasteiger partial charge in [0.15, 0.2) is 0 Å². The van der Waals surface area contributed by atoms with E-state index in [-0.39, 0.29) is 0 Å². The van der Waals surface area contributed by atoms with Crippen molar-refractivity contribution >= 4 is 11.3 Å². The highest BCUT2D eigenvalue weighted by Gasteiger charge is 1.95. The first-order chi connectivity index (χ1) is 8.93. The fourth-order valence-electron chi connectivity index (χ4n) is 1.98. The molecule has 0 atom stereocenters. The van der Waals surface area contributed by atoms with Crippen molar-refractivity contribution in [2.75, 3.05) is 13.2 Å². The molecule has 0 aliphatic carbocycles.